The highest BCUT2D eigenvalue weighted by molar-refractivity contribution is 14.1. The first kappa shape index (κ1) is 14.4. The molecule has 1 aromatic carbocycles. The van der Waals surface area contributed by atoms with Crippen LogP contribution in [0.5, 0.6) is 0 Å². The summed E-state index contributed by atoms with van der Waals surface area (Å²) < 4.78 is 1.11. The molecule has 1 amide bonds. The van der Waals surface area contributed by atoms with Crippen LogP contribution in [0.1, 0.15) is 5.56 Å². The second-order valence-corrected chi connectivity index (χ2v) is 5.18. The van der Waals surface area contributed by atoms with Crippen molar-refractivity contribution in [2.24, 2.45) is 5.10 Å². The lowest BCUT2D eigenvalue weighted by atomic mass is 10.3. The van der Waals surface area contributed by atoms with Crippen molar-refractivity contribution < 1.29 is 4.79 Å². The van der Waals surface area contributed by atoms with Crippen molar-refractivity contribution in [3.8, 4) is 0 Å². The normalized spacial score (nSPS) is 10.4. The number of hydrogen-bond donors (Lipinski definition) is 2. The zero-order valence-corrected chi connectivity index (χ0v) is 12.7. The molecule has 0 spiro atoms. The molecule has 0 saturated carbocycles. The molecule has 1 heterocycles. The van der Waals surface area contributed by atoms with Gasteiger partial charge in [-0.15, -0.1) is 0 Å². The molecule has 2 aromatic rings. The van der Waals surface area contributed by atoms with E-state index in [9.17, 15) is 4.79 Å². The fourth-order valence-electron chi connectivity index (χ4n) is 1.45. The number of carbonyl (C=O) groups excluding carboxylic acids is 1. The SMILES string of the molecule is O=C(CNc1cccc(I)c1)N/N=C/c1ccncc1. The molecule has 0 atom stereocenters. The third-order valence-corrected chi connectivity index (χ3v) is 3.06. The minimum atomic E-state index is -0.200. The molecule has 2 N–H and O–H groups in total. The van der Waals surface area contributed by atoms with Crippen LogP contribution in [0, 0.1) is 3.57 Å². The van der Waals surface area contributed by atoms with Crippen molar-refractivity contribution in [3.05, 3.63) is 57.9 Å². The largest absolute Gasteiger partial charge is 0.376 e. The van der Waals surface area contributed by atoms with E-state index in [0.717, 1.165) is 14.8 Å². The Morgan fingerprint density at radius 2 is 2.10 bits per heavy atom. The molecular formula is C14H13IN4O. The van der Waals surface area contributed by atoms with Crippen LogP contribution in [0.4, 0.5) is 5.69 Å². The third-order valence-electron chi connectivity index (χ3n) is 2.39. The number of halogens is 1. The molecular weight excluding hydrogens is 367 g/mol. The van der Waals surface area contributed by atoms with Gasteiger partial charge < -0.3 is 5.32 Å². The highest BCUT2D eigenvalue weighted by atomic mass is 127. The molecule has 0 unspecified atom stereocenters. The fourth-order valence-corrected chi connectivity index (χ4v) is 1.99. The summed E-state index contributed by atoms with van der Waals surface area (Å²) >= 11 is 2.22. The molecule has 5 nitrogen and oxygen atoms in total. The molecule has 6 heteroatoms. The number of hydrogen-bond acceptors (Lipinski definition) is 4. The summed E-state index contributed by atoms with van der Waals surface area (Å²) in [4.78, 5) is 15.5. The summed E-state index contributed by atoms with van der Waals surface area (Å²) in [6.45, 7) is 0.174. The Morgan fingerprint density at radius 3 is 2.85 bits per heavy atom. The van der Waals surface area contributed by atoms with Gasteiger partial charge in [-0.2, -0.15) is 5.10 Å². The van der Waals surface area contributed by atoms with Crippen LogP contribution in [-0.2, 0) is 4.79 Å². The number of rotatable bonds is 5. The summed E-state index contributed by atoms with van der Waals surface area (Å²) in [5, 5.41) is 6.91. The second kappa shape index (κ2) is 7.59. The van der Waals surface area contributed by atoms with Gasteiger partial charge in [0.2, 0.25) is 0 Å². The molecule has 0 aliphatic heterocycles. The second-order valence-electron chi connectivity index (χ2n) is 3.94. The molecule has 102 valence electrons. The monoisotopic (exact) mass is 380 g/mol. The molecule has 0 aliphatic carbocycles. The van der Waals surface area contributed by atoms with Crippen LogP contribution in [-0.4, -0.2) is 23.7 Å². The van der Waals surface area contributed by atoms with Crippen molar-refractivity contribution >= 4 is 40.4 Å². The standard InChI is InChI=1S/C14H13IN4O/c15-12-2-1-3-13(8-12)17-10-14(20)19-18-9-11-4-6-16-7-5-11/h1-9,17H,10H2,(H,19,20)/b18-9+. The molecule has 0 fully saturated rings. The lowest BCUT2D eigenvalue weighted by Gasteiger charge is -2.05. The summed E-state index contributed by atoms with van der Waals surface area (Å²) in [5.41, 5.74) is 4.25. The number of nitrogens with one attached hydrogen (secondary N) is 2. The Morgan fingerprint density at radius 1 is 1.30 bits per heavy atom. The lowest BCUT2D eigenvalue weighted by Crippen LogP contribution is -2.25. The van der Waals surface area contributed by atoms with Gasteiger partial charge >= 0.3 is 0 Å². The first-order chi connectivity index (χ1) is 9.74. The maximum Gasteiger partial charge on any atom is 0.259 e. The van der Waals surface area contributed by atoms with E-state index in [-0.39, 0.29) is 12.5 Å². The van der Waals surface area contributed by atoms with E-state index < -0.39 is 0 Å². The van der Waals surface area contributed by atoms with E-state index >= 15 is 0 Å². The van der Waals surface area contributed by atoms with E-state index in [2.05, 4.69) is 43.4 Å². The number of hydrazone groups is 1. The average molecular weight is 380 g/mol. The maximum atomic E-state index is 11.6. The number of nitrogens with zero attached hydrogens (tertiary/aromatic N) is 2. The van der Waals surface area contributed by atoms with Gasteiger partial charge in [-0.1, -0.05) is 6.07 Å². The van der Waals surface area contributed by atoms with Gasteiger partial charge in [-0.25, -0.2) is 5.43 Å². The number of aromatic nitrogens is 1. The molecule has 0 bridgehead atoms. The Labute approximate surface area is 130 Å². The molecule has 2 rings (SSSR count). The van der Waals surface area contributed by atoms with Crippen LogP contribution in [0.2, 0.25) is 0 Å². The van der Waals surface area contributed by atoms with E-state index in [1.165, 1.54) is 0 Å². The minimum Gasteiger partial charge on any atom is -0.376 e. The number of carbonyl (C=O) groups is 1. The van der Waals surface area contributed by atoms with Crippen LogP contribution in [0.3, 0.4) is 0 Å². The van der Waals surface area contributed by atoms with Crippen molar-refractivity contribution in [1.82, 2.24) is 10.4 Å². The highest BCUT2D eigenvalue weighted by Gasteiger charge is 1.99. The predicted octanol–water partition coefficient (Wildman–Crippen LogP) is 2.25. The minimum absolute atomic E-state index is 0.174. The van der Waals surface area contributed by atoms with E-state index in [1.807, 2.05) is 24.3 Å². The summed E-state index contributed by atoms with van der Waals surface area (Å²) in [5.74, 6) is -0.200. The van der Waals surface area contributed by atoms with Crippen LogP contribution in [0.15, 0.2) is 53.9 Å². The van der Waals surface area contributed by atoms with Gasteiger partial charge in [0.15, 0.2) is 0 Å². The number of pyridine rings is 1. The van der Waals surface area contributed by atoms with E-state index in [1.54, 1.807) is 30.7 Å². The number of amides is 1. The predicted molar refractivity (Wildman–Crippen MR) is 87.6 cm³/mol. The quantitative estimate of drug-likeness (QED) is 0.475. The molecule has 0 aliphatic rings. The van der Waals surface area contributed by atoms with Gasteiger partial charge in [-0.3, -0.25) is 9.78 Å². The van der Waals surface area contributed by atoms with Gasteiger partial charge in [0.05, 0.1) is 12.8 Å². The van der Waals surface area contributed by atoms with Crippen LogP contribution in [0.25, 0.3) is 0 Å². The van der Waals surface area contributed by atoms with Crippen molar-refractivity contribution in [3.63, 3.8) is 0 Å². The Kier molecular flexibility index (Phi) is 5.48. The fraction of sp³-hybridized carbons (Fsp3) is 0.0714. The first-order valence-electron chi connectivity index (χ1n) is 5.95. The van der Waals surface area contributed by atoms with Crippen molar-refractivity contribution in [2.75, 3.05) is 11.9 Å². The van der Waals surface area contributed by atoms with Gasteiger partial charge in [0, 0.05) is 21.7 Å². The highest BCUT2D eigenvalue weighted by Crippen LogP contribution is 2.11. The Bertz CT molecular complexity index is 601. The Balaban J connectivity index is 1.77. The summed E-state index contributed by atoms with van der Waals surface area (Å²) in [6.07, 6.45) is 4.91. The van der Waals surface area contributed by atoms with Crippen molar-refractivity contribution in [1.29, 1.82) is 0 Å². The lowest BCUT2D eigenvalue weighted by molar-refractivity contribution is -0.119. The molecule has 1 aromatic heterocycles. The summed E-state index contributed by atoms with van der Waals surface area (Å²) in [6, 6.07) is 11.4. The zero-order valence-electron chi connectivity index (χ0n) is 10.6. The number of benzene rings is 1. The molecule has 20 heavy (non-hydrogen) atoms. The average Bonchev–Trinajstić information content (AvgIpc) is 2.46. The van der Waals surface area contributed by atoms with E-state index in [4.69, 9.17) is 0 Å². The molecule has 0 radical (unpaired) electrons. The van der Waals surface area contributed by atoms with Crippen LogP contribution >= 0.6 is 22.6 Å². The maximum absolute atomic E-state index is 11.6. The van der Waals surface area contributed by atoms with Gasteiger partial charge in [-0.05, 0) is 58.5 Å². The molecule has 0 saturated heterocycles. The van der Waals surface area contributed by atoms with E-state index in [0.29, 0.717) is 0 Å². The first-order valence-corrected chi connectivity index (χ1v) is 7.03. The summed E-state index contributed by atoms with van der Waals surface area (Å²) in [7, 11) is 0. The van der Waals surface area contributed by atoms with Crippen molar-refractivity contribution in [2.45, 2.75) is 0 Å². The van der Waals surface area contributed by atoms with Crippen LogP contribution < -0.4 is 10.7 Å². The van der Waals surface area contributed by atoms with Gasteiger partial charge in [0.25, 0.3) is 5.91 Å². The smallest absolute Gasteiger partial charge is 0.259 e. The zero-order chi connectivity index (χ0) is 14.2. The number of anilines is 1. The topological polar surface area (TPSA) is 66.4 Å². The van der Waals surface area contributed by atoms with Gasteiger partial charge in [0.1, 0.15) is 0 Å². The Hall–Kier alpha value is -1.96. The third kappa shape index (κ3) is 4.96.